The average Bonchev–Trinajstić information content (AvgIpc) is 3.28. The third kappa shape index (κ3) is 2.85. The highest BCUT2D eigenvalue weighted by Crippen LogP contribution is 2.44. The summed E-state index contributed by atoms with van der Waals surface area (Å²) in [7, 11) is -2.49. The quantitative estimate of drug-likeness (QED) is 0.639. The summed E-state index contributed by atoms with van der Waals surface area (Å²) in [5, 5.41) is 4.05. The molecule has 0 saturated heterocycles. The number of nitrogens with zero attached hydrogens (tertiary/aromatic N) is 4. The van der Waals surface area contributed by atoms with Crippen molar-refractivity contribution in [2.75, 3.05) is 11.4 Å². The molecule has 1 aliphatic heterocycles. The van der Waals surface area contributed by atoms with Crippen LogP contribution in [0.1, 0.15) is 18.0 Å². The molecule has 8 nitrogen and oxygen atoms in total. The molecule has 1 unspecified atom stereocenters. The fourth-order valence-corrected chi connectivity index (χ4v) is 5.12. The van der Waals surface area contributed by atoms with Gasteiger partial charge in [0.05, 0.1) is 35.8 Å². The molecule has 1 atom stereocenters. The number of carbonyl (C=O) groups excluding carboxylic acids is 1. The second-order valence-corrected chi connectivity index (χ2v) is 7.77. The summed E-state index contributed by atoms with van der Waals surface area (Å²) in [6.45, 7) is 0. The van der Waals surface area contributed by atoms with Crippen LogP contribution >= 0.6 is 0 Å². The number of fused-ring (bicyclic) bond motifs is 1. The van der Waals surface area contributed by atoms with Crippen LogP contribution in [0.15, 0.2) is 66.1 Å². The molecule has 0 bridgehead atoms. The summed E-state index contributed by atoms with van der Waals surface area (Å²) in [6.07, 6.45) is 2.90. The monoisotopic (exact) mass is 384 g/mol. The number of rotatable bonds is 4. The van der Waals surface area contributed by atoms with Gasteiger partial charge < -0.3 is 4.74 Å². The maximum atomic E-state index is 13.1. The van der Waals surface area contributed by atoms with Gasteiger partial charge in [0.1, 0.15) is 12.7 Å². The van der Waals surface area contributed by atoms with Crippen LogP contribution in [0.4, 0.5) is 5.69 Å². The van der Waals surface area contributed by atoms with E-state index in [-0.39, 0.29) is 11.3 Å². The van der Waals surface area contributed by atoms with Gasteiger partial charge in [0.2, 0.25) is 0 Å². The van der Waals surface area contributed by atoms with Gasteiger partial charge in [-0.2, -0.15) is 5.10 Å². The second-order valence-electron chi connectivity index (χ2n) is 5.99. The van der Waals surface area contributed by atoms with E-state index < -0.39 is 22.0 Å². The van der Waals surface area contributed by atoms with E-state index in [4.69, 9.17) is 4.74 Å². The molecule has 0 radical (unpaired) electrons. The number of benzene rings is 2. The first-order valence-electron chi connectivity index (χ1n) is 8.17. The topological polar surface area (TPSA) is 94.4 Å². The molecular formula is C18H16N4O4S. The molecule has 0 aliphatic carbocycles. The number of ether oxygens (including phenoxy) is 1. The van der Waals surface area contributed by atoms with E-state index in [9.17, 15) is 13.2 Å². The van der Waals surface area contributed by atoms with Crippen molar-refractivity contribution in [2.24, 2.45) is 0 Å². The number of carbonyl (C=O) groups is 1. The summed E-state index contributed by atoms with van der Waals surface area (Å²) in [4.78, 5) is 16.0. The molecule has 9 heteroatoms. The summed E-state index contributed by atoms with van der Waals surface area (Å²) >= 11 is 0. The Hall–Kier alpha value is -3.20. The maximum absolute atomic E-state index is 13.1. The van der Waals surface area contributed by atoms with Gasteiger partial charge in [-0.3, -0.25) is 9.10 Å². The molecule has 0 N–H and O–H groups in total. The Morgan fingerprint density at radius 1 is 1.11 bits per heavy atom. The predicted octanol–water partition coefficient (Wildman–Crippen LogP) is 2.08. The first-order valence-corrected chi connectivity index (χ1v) is 9.61. The first-order chi connectivity index (χ1) is 13.0. The van der Waals surface area contributed by atoms with Crippen molar-refractivity contribution in [1.82, 2.24) is 14.8 Å². The third-order valence-electron chi connectivity index (χ3n) is 4.47. The van der Waals surface area contributed by atoms with Gasteiger partial charge in [-0.1, -0.05) is 18.2 Å². The number of hydrogen-bond acceptors (Lipinski definition) is 6. The van der Waals surface area contributed by atoms with E-state index in [1.807, 2.05) is 0 Å². The van der Waals surface area contributed by atoms with Crippen LogP contribution in [0.3, 0.4) is 0 Å². The fraction of sp³-hybridized carbons (Fsp3) is 0.167. The molecule has 1 aliphatic rings. The molecule has 138 valence electrons. The molecule has 2 heterocycles. The van der Waals surface area contributed by atoms with Crippen molar-refractivity contribution in [3.8, 4) is 5.69 Å². The van der Waals surface area contributed by atoms with Crippen LogP contribution in [0.5, 0.6) is 0 Å². The SMILES string of the molecule is COC(=O)CC1c2ccccc2S(=O)(=O)N1c1ccc(-n2cncn2)cc1. The van der Waals surface area contributed by atoms with Crippen molar-refractivity contribution in [1.29, 1.82) is 0 Å². The lowest BCUT2D eigenvalue weighted by atomic mass is 10.0. The number of aromatic nitrogens is 3. The molecule has 0 spiro atoms. The molecule has 2 aromatic carbocycles. The first kappa shape index (κ1) is 17.2. The van der Waals surface area contributed by atoms with Gasteiger partial charge in [0.25, 0.3) is 10.0 Å². The van der Waals surface area contributed by atoms with Crippen molar-refractivity contribution in [3.63, 3.8) is 0 Å². The van der Waals surface area contributed by atoms with E-state index >= 15 is 0 Å². The highest BCUT2D eigenvalue weighted by Gasteiger charge is 2.43. The van der Waals surface area contributed by atoms with Crippen LogP contribution in [-0.4, -0.2) is 36.3 Å². The van der Waals surface area contributed by atoms with E-state index in [0.717, 1.165) is 5.69 Å². The van der Waals surface area contributed by atoms with Gasteiger partial charge in [-0.15, -0.1) is 0 Å². The maximum Gasteiger partial charge on any atom is 0.307 e. The zero-order valence-electron chi connectivity index (χ0n) is 14.4. The van der Waals surface area contributed by atoms with E-state index in [1.54, 1.807) is 59.5 Å². The largest absolute Gasteiger partial charge is 0.469 e. The minimum atomic E-state index is -3.78. The molecule has 3 aromatic rings. The Kier molecular flexibility index (Phi) is 4.15. The standard InChI is InChI=1S/C18H16N4O4S/c1-26-18(23)10-16-15-4-2-3-5-17(15)27(24,25)22(16)14-8-6-13(7-9-14)21-12-19-11-20-21/h2-9,11-12,16H,10H2,1H3. The Balaban J connectivity index is 1.78. The minimum absolute atomic E-state index is 0.0719. The Morgan fingerprint density at radius 2 is 1.81 bits per heavy atom. The molecule has 0 fully saturated rings. The van der Waals surface area contributed by atoms with Crippen molar-refractivity contribution in [3.05, 3.63) is 66.7 Å². The van der Waals surface area contributed by atoms with Crippen LogP contribution < -0.4 is 4.31 Å². The molecule has 0 amide bonds. The smallest absolute Gasteiger partial charge is 0.307 e. The third-order valence-corrected chi connectivity index (χ3v) is 6.38. The number of methoxy groups -OCH3 is 1. The number of hydrogen-bond donors (Lipinski definition) is 0. The fourth-order valence-electron chi connectivity index (χ4n) is 3.24. The highest BCUT2D eigenvalue weighted by atomic mass is 32.2. The van der Waals surface area contributed by atoms with Crippen LogP contribution in [-0.2, 0) is 19.6 Å². The summed E-state index contributed by atoms with van der Waals surface area (Å²) in [5.41, 5.74) is 1.79. The zero-order chi connectivity index (χ0) is 19.0. The van der Waals surface area contributed by atoms with Crippen molar-refractivity contribution in [2.45, 2.75) is 17.4 Å². The molecule has 4 rings (SSSR count). The van der Waals surface area contributed by atoms with Crippen LogP contribution in [0.2, 0.25) is 0 Å². The molecule has 27 heavy (non-hydrogen) atoms. The molecule has 1 aromatic heterocycles. The number of sulfonamides is 1. The Bertz CT molecular complexity index is 1080. The van der Waals surface area contributed by atoms with Crippen molar-refractivity contribution < 1.29 is 17.9 Å². The number of esters is 1. The highest BCUT2D eigenvalue weighted by molar-refractivity contribution is 7.93. The predicted molar refractivity (Wildman–Crippen MR) is 96.8 cm³/mol. The zero-order valence-corrected chi connectivity index (χ0v) is 15.2. The molecule has 0 saturated carbocycles. The Labute approximate surface area is 156 Å². The lowest BCUT2D eigenvalue weighted by molar-refractivity contribution is -0.141. The molecular weight excluding hydrogens is 368 g/mol. The van der Waals surface area contributed by atoms with Gasteiger partial charge in [0.15, 0.2) is 0 Å². The van der Waals surface area contributed by atoms with Crippen molar-refractivity contribution >= 4 is 21.7 Å². The summed E-state index contributed by atoms with van der Waals surface area (Å²) in [5.74, 6) is -0.476. The van der Waals surface area contributed by atoms with Gasteiger partial charge in [-0.25, -0.2) is 18.1 Å². The van der Waals surface area contributed by atoms with Gasteiger partial charge in [-0.05, 0) is 35.9 Å². The second kappa shape index (κ2) is 6.51. The number of anilines is 1. The Morgan fingerprint density at radius 3 is 2.48 bits per heavy atom. The average molecular weight is 384 g/mol. The van der Waals surface area contributed by atoms with Gasteiger partial charge >= 0.3 is 5.97 Å². The van der Waals surface area contributed by atoms with E-state index in [0.29, 0.717) is 11.3 Å². The lowest BCUT2D eigenvalue weighted by Crippen LogP contribution is -2.29. The summed E-state index contributed by atoms with van der Waals surface area (Å²) in [6, 6.07) is 12.9. The van der Waals surface area contributed by atoms with Crippen LogP contribution in [0.25, 0.3) is 5.69 Å². The lowest BCUT2D eigenvalue weighted by Gasteiger charge is -2.25. The summed E-state index contributed by atoms with van der Waals surface area (Å²) < 4.78 is 33.9. The van der Waals surface area contributed by atoms with E-state index in [2.05, 4.69) is 10.1 Å². The van der Waals surface area contributed by atoms with E-state index in [1.165, 1.54) is 17.7 Å². The van der Waals surface area contributed by atoms with Gasteiger partial charge in [0, 0.05) is 0 Å². The minimum Gasteiger partial charge on any atom is -0.469 e. The van der Waals surface area contributed by atoms with Crippen LogP contribution in [0, 0.1) is 0 Å². The normalized spacial score (nSPS) is 17.5.